The van der Waals surface area contributed by atoms with Crippen LogP contribution in [-0.4, -0.2) is 54.1 Å². The highest BCUT2D eigenvalue weighted by Crippen LogP contribution is 2.33. The van der Waals surface area contributed by atoms with Gasteiger partial charge in [0.15, 0.2) is 6.61 Å². The van der Waals surface area contributed by atoms with E-state index in [4.69, 9.17) is 14.6 Å². The van der Waals surface area contributed by atoms with Crippen molar-refractivity contribution in [2.45, 2.75) is 6.92 Å². The van der Waals surface area contributed by atoms with Gasteiger partial charge >= 0.3 is 0 Å². The molecule has 0 aliphatic carbocycles. The SMILES string of the molecule is CC(=Nn1c(-c2ccc3c(c2)NC(=O)CO3)csc1=Nc1ccccc1[N+](=O)[O-])c1ccc(N2CCOCC2)cc1. The lowest BCUT2D eigenvalue weighted by molar-refractivity contribution is -0.384. The first kappa shape index (κ1) is 26.4. The second-order valence-electron chi connectivity index (χ2n) is 9.45. The highest BCUT2D eigenvalue weighted by atomic mass is 32.1. The molecule has 1 amide bonds. The molecule has 6 rings (SSSR count). The fraction of sp³-hybridized carbons (Fsp3) is 0.207. The van der Waals surface area contributed by atoms with E-state index in [-0.39, 0.29) is 23.9 Å². The van der Waals surface area contributed by atoms with Crippen LogP contribution >= 0.6 is 11.3 Å². The maximum Gasteiger partial charge on any atom is 0.294 e. The number of carbonyl (C=O) groups excluding carboxylic acids is 1. The Morgan fingerprint density at radius 1 is 1.07 bits per heavy atom. The zero-order valence-corrected chi connectivity index (χ0v) is 23.0. The molecule has 12 heteroatoms. The normalized spacial score (nSPS) is 15.7. The van der Waals surface area contributed by atoms with Crippen molar-refractivity contribution in [2.24, 2.45) is 10.1 Å². The summed E-state index contributed by atoms with van der Waals surface area (Å²) in [6.45, 7) is 5.01. The molecule has 1 N–H and O–H groups in total. The minimum absolute atomic E-state index is 0.0303. The molecule has 4 aromatic rings. The van der Waals surface area contributed by atoms with E-state index in [0.29, 0.717) is 35.1 Å². The minimum Gasteiger partial charge on any atom is -0.482 e. The number of fused-ring (bicyclic) bond motifs is 1. The fourth-order valence-corrected chi connectivity index (χ4v) is 5.52. The predicted molar refractivity (Wildman–Crippen MR) is 157 cm³/mol. The van der Waals surface area contributed by atoms with Crippen molar-refractivity contribution < 1.29 is 19.2 Å². The lowest BCUT2D eigenvalue weighted by Gasteiger charge is -2.28. The first-order valence-electron chi connectivity index (χ1n) is 13.0. The van der Waals surface area contributed by atoms with Gasteiger partial charge in [0.1, 0.15) is 11.4 Å². The van der Waals surface area contributed by atoms with Crippen molar-refractivity contribution in [3.05, 3.63) is 92.6 Å². The molecule has 3 heterocycles. The summed E-state index contributed by atoms with van der Waals surface area (Å²) < 4.78 is 12.7. The molecule has 2 aliphatic rings. The summed E-state index contributed by atoms with van der Waals surface area (Å²) >= 11 is 1.31. The highest BCUT2D eigenvalue weighted by Gasteiger charge is 2.19. The van der Waals surface area contributed by atoms with E-state index >= 15 is 0 Å². The van der Waals surface area contributed by atoms with Gasteiger partial charge < -0.3 is 19.7 Å². The van der Waals surface area contributed by atoms with Gasteiger partial charge in [0.25, 0.3) is 11.6 Å². The standard InChI is InChI=1S/C29H26N6O5S/c1-19(20-6-9-22(10-7-20)33-12-14-39-15-13-33)32-34-26(21-8-11-27-24(16-21)30-28(36)17-40-27)18-41-29(34)31-23-4-2-3-5-25(23)35(37)38/h2-11,16,18H,12-15,17H2,1H3,(H,30,36). The van der Waals surface area contributed by atoms with Gasteiger partial charge in [-0.15, -0.1) is 11.3 Å². The van der Waals surface area contributed by atoms with Gasteiger partial charge in [0, 0.05) is 35.8 Å². The summed E-state index contributed by atoms with van der Waals surface area (Å²) in [4.78, 5) is 30.5. The number of para-hydroxylation sites is 2. The Kier molecular flexibility index (Phi) is 7.32. The van der Waals surface area contributed by atoms with E-state index in [0.717, 1.165) is 35.6 Å². The lowest BCUT2D eigenvalue weighted by atomic mass is 10.1. The molecule has 0 spiro atoms. The second kappa shape index (κ2) is 11.4. The zero-order chi connectivity index (χ0) is 28.3. The largest absolute Gasteiger partial charge is 0.482 e. The maximum atomic E-state index is 11.9. The molecule has 0 saturated carbocycles. The molecule has 0 atom stereocenters. The van der Waals surface area contributed by atoms with Crippen LogP contribution in [0, 0.1) is 10.1 Å². The molecule has 41 heavy (non-hydrogen) atoms. The van der Waals surface area contributed by atoms with Crippen molar-refractivity contribution in [3.63, 3.8) is 0 Å². The van der Waals surface area contributed by atoms with E-state index in [9.17, 15) is 14.9 Å². The van der Waals surface area contributed by atoms with Gasteiger partial charge in [-0.05, 0) is 48.9 Å². The van der Waals surface area contributed by atoms with Gasteiger partial charge in [-0.1, -0.05) is 24.3 Å². The average molecular weight is 571 g/mol. The van der Waals surface area contributed by atoms with Crippen LogP contribution in [0.2, 0.25) is 0 Å². The van der Waals surface area contributed by atoms with Crippen LogP contribution in [0.4, 0.5) is 22.7 Å². The smallest absolute Gasteiger partial charge is 0.294 e. The van der Waals surface area contributed by atoms with E-state index < -0.39 is 4.92 Å². The van der Waals surface area contributed by atoms with E-state index in [1.165, 1.54) is 17.4 Å². The van der Waals surface area contributed by atoms with Crippen LogP contribution in [0.3, 0.4) is 0 Å². The number of carbonyl (C=O) groups is 1. The predicted octanol–water partition coefficient (Wildman–Crippen LogP) is 4.80. The number of thiazole rings is 1. The molecule has 1 fully saturated rings. The number of amides is 1. The zero-order valence-electron chi connectivity index (χ0n) is 22.1. The molecule has 0 unspecified atom stereocenters. The second-order valence-corrected chi connectivity index (χ2v) is 10.3. The first-order valence-corrected chi connectivity index (χ1v) is 13.9. The summed E-state index contributed by atoms with van der Waals surface area (Å²) in [6.07, 6.45) is 0. The molecule has 0 bridgehead atoms. The Morgan fingerprint density at radius 3 is 2.63 bits per heavy atom. The number of hydrogen-bond donors (Lipinski definition) is 1. The topological polar surface area (TPSA) is 124 Å². The summed E-state index contributed by atoms with van der Waals surface area (Å²) in [5, 5.41) is 21.3. The number of anilines is 2. The molecule has 2 aliphatic heterocycles. The number of ether oxygens (including phenoxy) is 2. The lowest BCUT2D eigenvalue weighted by Crippen LogP contribution is -2.36. The third-order valence-electron chi connectivity index (χ3n) is 6.80. The molecular formula is C29H26N6O5S. The number of nitro benzene ring substituents is 1. The Balaban J connectivity index is 1.44. The number of rotatable bonds is 6. The fourth-order valence-electron chi connectivity index (χ4n) is 4.67. The van der Waals surface area contributed by atoms with Crippen LogP contribution in [0.15, 0.2) is 82.2 Å². The van der Waals surface area contributed by atoms with Gasteiger partial charge in [0.2, 0.25) is 4.80 Å². The van der Waals surface area contributed by atoms with E-state index in [1.807, 2.05) is 36.6 Å². The summed E-state index contributed by atoms with van der Waals surface area (Å²) in [5.41, 5.74) is 4.96. The number of benzene rings is 3. The Labute approximate surface area is 239 Å². The molecule has 3 aromatic carbocycles. The van der Waals surface area contributed by atoms with Crippen LogP contribution in [0.1, 0.15) is 12.5 Å². The van der Waals surface area contributed by atoms with Crippen molar-refractivity contribution in [1.82, 2.24) is 4.68 Å². The molecule has 11 nitrogen and oxygen atoms in total. The Morgan fingerprint density at radius 2 is 1.85 bits per heavy atom. The third kappa shape index (κ3) is 5.60. The number of morpholine rings is 1. The molecule has 0 radical (unpaired) electrons. The minimum atomic E-state index is -0.450. The van der Waals surface area contributed by atoms with Crippen LogP contribution in [0.5, 0.6) is 5.75 Å². The molecule has 208 valence electrons. The van der Waals surface area contributed by atoms with Crippen molar-refractivity contribution >= 4 is 45.7 Å². The Bertz CT molecular complexity index is 1720. The first-order chi connectivity index (χ1) is 20.0. The quantitative estimate of drug-likeness (QED) is 0.202. The monoisotopic (exact) mass is 570 g/mol. The number of nitro groups is 1. The van der Waals surface area contributed by atoms with Gasteiger partial charge in [-0.25, -0.2) is 9.67 Å². The van der Waals surface area contributed by atoms with Crippen molar-refractivity contribution in [3.8, 4) is 17.0 Å². The van der Waals surface area contributed by atoms with Crippen LogP contribution in [0.25, 0.3) is 11.3 Å². The van der Waals surface area contributed by atoms with Crippen molar-refractivity contribution in [2.75, 3.05) is 43.1 Å². The number of nitrogens with zero attached hydrogens (tertiary/aromatic N) is 5. The number of nitrogens with one attached hydrogen (secondary N) is 1. The molecule has 1 aromatic heterocycles. The number of aromatic nitrogens is 1. The number of hydrogen-bond acceptors (Lipinski definition) is 9. The van der Waals surface area contributed by atoms with Gasteiger partial charge in [-0.2, -0.15) is 5.10 Å². The summed E-state index contributed by atoms with van der Waals surface area (Å²) in [5.74, 6) is 0.356. The van der Waals surface area contributed by atoms with E-state index in [1.54, 1.807) is 28.9 Å². The third-order valence-corrected chi connectivity index (χ3v) is 7.62. The van der Waals surface area contributed by atoms with Crippen LogP contribution in [-0.2, 0) is 9.53 Å². The molecule has 1 saturated heterocycles. The van der Waals surface area contributed by atoms with Crippen molar-refractivity contribution in [1.29, 1.82) is 0 Å². The highest BCUT2D eigenvalue weighted by molar-refractivity contribution is 7.07. The van der Waals surface area contributed by atoms with Gasteiger partial charge in [-0.3, -0.25) is 14.9 Å². The molecular weight excluding hydrogens is 544 g/mol. The van der Waals surface area contributed by atoms with E-state index in [2.05, 4.69) is 27.3 Å². The Hall–Kier alpha value is -4.81. The average Bonchev–Trinajstić information content (AvgIpc) is 3.39. The van der Waals surface area contributed by atoms with Crippen LogP contribution < -0.4 is 19.8 Å². The summed E-state index contributed by atoms with van der Waals surface area (Å²) in [6, 6.07) is 20.1. The maximum absolute atomic E-state index is 11.9. The summed E-state index contributed by atoms with van der Waals surface area (Å²) in [7, 11) is 0. The van der Waals surface area contributed by atoms with Gasteiger partial charge in [0.05, 0.1) is 35.2 Å².